The molecule has 2 unspecified atom stereocenters. The van der Waals surface area contributed by atoms with Gasteiger partial charge in [-0.2, -0.15) is 0 Å². The molecule has 70 valence electrons. The van der Waals surface area contributed by atoms with Crippen molar-refractivity contribution in [3.8, 4) is 0 Å². The van der Waals surface area contributed by atoms with Crippen molar-refractivity contribution < 1.29 is 9.90 Å². The molecular formula is C8H14BrNO2. The zero-order chi connectivity index (χ0) is 9.52. The van der Waals surface area contributed by atoms with Crippen LogP contribution in [0.5, 0.6) is 0 Å². The van der Waals surface area contributed by atoms with E-state index in [1.54, 1.807) is 0 Å². The van der Waals surface area contributed by atoms with Gasteiger partial charge in [0.05, 0.1) is 10.9 Å². The van der Waals surface area contributed by atoms with Crippen molar-refractivity contribution in [3.05, 3.63) is 0 Å². The zero-order valence-corrected chi connectivity index (χ0v) is 9.13. The third-order valence-electron chi connectivity index (χ3n) is 2.18. The van der Waals surface area contributed by atoms with E-state index in [1.165, 1.54) is 4.90 Å². The van der Waals surface area contributed by atoms with Gasteiger partial charge in [0.2, 0.25) is 0 Å². The van der Waals surface area contributed by atoms with Gasteiger partial charge >= 0.3 is 6.09 Å². The van der Waals surface area contributed by atoms with E-state index in [-0.39, 0.29) is 11.5 Å². The third kappa shape index (κ3) is 1.58. The van der Waals surface area contributed by atoms with E-state index < -0.39 is 6.09 Å². The van der Waals surface area contributed by atoms with Crippen molar-refractivity contribution in [1.29, 1.82) is 0 Å². The van der Waals surface area contributed by atoms with Gasteiger partial charge in [-0.15, -0.1) is 0 Å². The average Bonchev–Trinajstić information content (AvgIpc) is 1.77. The molecule has 0 saturated carbocycles. The second-order valence-electron chi connectivity index (χ2n) is 4.26. The molecular weight excluding hydrogens is 222 g/mol. The average molecular weight is 236 g/mol. The van der Waals surface area contributed by atoms with E-state index in [0.717, 1.165) is 0 Å². The highest BCUT2D eigenvalue weighted by Crippen LogP contribution is 2.37. The number of hydrogen-bond donors (Lipinski definition) is 1. The summed E-state index contributed by atoms with van der Waals surface area (Å²) in [5.74, 6) is 0. The van der Waals surface area contributed by atoms with E-state index in [9.17, 15) is 4.79 Å². The summed E-state index contributed by atoms with van der Waals surface area (Å²) in [5.41, 5.74) is 0.0187. The maximum Gasteiger partial charge on any atom is 0.407 e. The largest absolute Gasteiger partial charge is 0.465 e. The van der Waals surface area contributed by atoms with Crippen LogP contribution in [-0.2, 0) is 0 Å². The van der Waals surface area contributed by atoms with Crippen molar-refractivity contribution in [3.63, 3.8) is 0 Å². The number of nitrogens with zero attached hydrogens (tertiary/aromatic N) is 1. The first-order valence-electron chi connectivity index (χ1n) is 3.97. The topological polar surface area (TPSA) is 40.5 Å². The molecule has 0 aromatic heterocycles. The molecule has 1 heterocycles. The summed E-state index contributed by atoms with van der Waals surface area (Å²) < 4.78 is 0. The van der Waals surface area contributed by atoms with E-state index in [4.69, 9.17) is 5.11 Å². The minimum Gasteiger partial charge on any atom is -0.465 e. The maximum absolute atomic E-state index is 10.7. The van der Waals surface area contributed by atoms with Crippen LogP contribution in [0.3, 0.4) is 0 Å². The fourth-order valence-corrected chi connectivity index (χ4v) is 3.06. The molecule has 1 aliphatic heterocycles. The quantitative estimate of drug-likeness (QED) is 0.654. The summed E-state index contributed by atoms with van der Waals surface area (Å²) in [7, 11) is 0. The number of alkyl halides is 1. The van der Waals surface area contributed by atoms with Crippen LogP contribution in [0.4, 0.5) is 4.79 Å². The standard InChI is InChI=1S/C8H14BrNO2/c1-8(2,3)6-5(9)4-10(6)7(11)12/h5-6H,4H2,1-3H3,(H,11,12). The SMILES string of the molecule is CC(C)(C)C1C(Br)CN1C(=O)O. The van der Waals surface area contributed by atoms with E-state index in [0.29, 0.717) is 11.4 Å². The molecule has 1 aliphatic rings. The summed E-state index contributed by atoms with van der Waals surface area (Å²) in [4.78, 5) is 12.5. The lowest BCUT2D eigenvalue weighted by atomic mass is 9.79. The van der Waals surface area contributed by atoms with Crippen LogP contribution in [0.2, 0.25) is 0 Å². The zero-order valence-electron chi connectivity index (χ0n) is 7.54. The van der Waals surface area contributed by atoms with Gasteiger partial charge in [0.25, 0.3) is 0 Å². The van der Waals surface area contributed by atoms with Crippen molar-refractivity contribution >= 4 is 22.0 Å². The molecule has 0 aliphatic carbocycles. The van der Waals surface area contributed by atoms with Crippen molar-refractivity contribution in [2.45, 2.75) is 31.6 Å². The monoisotopic (exact) mass is 235 g/mol. The van der Waals surface area contributed by atoms with E-state index in [2.05, 4.69) is 36.7 Å². The summed E-state index contributed by atoms with van der Waals surface area (Å²) in [5, 5.41) is 8.79. The Kier molecular flexibility index (Phi) is 2.38. The first kappa shape index (κ1) is 9.84. The number of halogens is 1. The van der Waals surface area contributed by atoms with Crippen LogP contribution in [0.15, 0.2) is 0 Å². The molecule has 0 aromatic carbocycles. The minimum atomic E-state index is -0.814. The summed E-state index contributed by atoms with van der Waals surface area (Å²) >= 11 is 3.47. The van der Waals surface area contributed by atoms with E-state index in [1.807, 2.05) is 0 Å². The molecule has 1 amide bonds. The highest BCUT2D eigenvalue weighted by atomic mass is 79.9. The number of carbonyl (C=O) groups is 1. The van der Waals surface area contributed by atoms with Gasteiger partial charge in [-0.3, -0.25) is 0 Å². The van der Waals surface area contributed by atoms with Crippen LogP contribution in [0.1, 0.15) is 20.8 Å². The van der Waals surface area contributed by atoms with Gasteiger partial charge in [-0.25, -0.2) is 4.79 Å². The fourth-order valence-electron chi connectivity index (χ4n) is 1.67. The Morgan fingerprint density at radius 3 is 2.25 bits per heavy atom. The molecule has 1 fully saturated rings. The summed E-state index contributed by atoms with van der Waals surface area (Å²) in [6.45, 7) is 6.78. The van der Waals surface area contributed by atoms with Gasteiger partial charge in [0.1, 0.15) is 0 Å². The Bertz CT molecular complexity index is 200. The molecule has 2 atom stereocenters. The fraction of sp³-hybridized carbons (Fsp3) is 0.875. The van der Waals surface area contributed by atoms with Gasteiger partial charge in [0, 0.05) is 6.54 Å². The highest BCUT2D eigenvalue weighted by Gasteiger charge is 2.46. The molecule has 1 saturated heterocycles. The molecule has 4 heteroatoms. The van der Waals surface area contributed by atoms with Gasteiger partial charge < -0.3 is 10.0 Å². The number of likely N-dealkylation sites (tertiary alicyclic amines) is 1. The Morgan fingerprint density at radius 2 is 2.08 bits per heavy atom. The predicted molar refractivity (Wildman–Crippen MR) is 50.7 cm³/mol. The first-order chi connectivity index (χ1) is 5.34. The van der Waals surface area contributed by atoms with Crippen LogP contribution >= 0.6 is 15.9 Å². The van der Waals surface area contributed by atoms with Gasteiger partial charge in [-0.05, 0) is 5.41 Å². The lowest BCUT2D eigenvalue weighted by Gasteiger charge is -2.50. The Hall–Kier alpha value is -0.250. The summed E-state index contributed by atoms with van der Waals surface area (Å²) in [6, 6.07) is 0.106. The van der Waals surface area contributed by atoms with Crippen LogP contribution in [0.25, 0.3) is 0 Å². The second-order valence-corrected chi connectivity index (χ2v) is 5.44. The van der Waals surface area contributed by atoms with Crippen LogP contribution in [0, 0.1) is 5.41 Å². The Balaban J connectivity index is 2.68. The highest BCUT2D eigenvalue weighted by molar-refractivity contribution is 9.09. The van der Waals surface area contributed by atoms with E-state index >= 15 is 0 Å². The smallest absolute Gasteiger partial charge is 0.407 e. The predicted octanol–water partition coefficient (Wildman–Crippen LogP) is 2.16. The Morgan fingerprint density at radius 1 is 1.58 bits per heavy atom. The first-order valence-corrected chi connectivity index (χ1v) is 4.89. The molecule has 0 aromatic rings. The number of carboxylic acid groups (broad SMARTS) is 1. The Labute approximate surface area is 80.9 Å². The van der Waals surface area contributed by atoms with Gasteiger partial charge in [0.15, 0.2) is 0 Å². The van der Waals surface area contributed by atoms with Crippen molar-refractivity contribution in [2.24, 2.45) is 5.41 Å². The maximum atomic E-state index is 10.7. The number of hydrogen-bond acceptors (Lipinski definition) is 1. The second kappa shape index (κ2) is 2.91. The lowest BCUT2D eigenvalue weighted by molar-refractivity contribution is 0.0284. The molecule has 0 spiro atoms. The molecule has 1 N–H and O–H groups in total. The van der Waals surface area contributed by atoms with Crippen molar-refractivity contribution in [2.75, 3.05) is 6.54 Å². The third-order valence-corrected chi connectivity index (χ3v) is 2.97. The molecule has 3 nitrogen and oxygen atoms in total. The van der Waals surface area contributed by atoms with Gasteiger partial charge in [-0.1, -0.05) is 36.7 Å². The summed E-state index contributed by atoms with van der Waals surface area (Å²) in [6.07, 6.45) is -0.814. The minimum absolute atomic E-state index is 0.0187. The van der Waals surface area contributed by atoms with Crippen molar-refractivity contribution in [1.82, 2.24) is 4.90 Å². The molecule has 1 rings (SSSR count). The van der Waals surface area contributed by atoms with Crippen LogP contribution in [-0.4, -0.2) is 33.5 Å². The lowest BCUT2D eigenvalue weighted by Crippen LogP contribution is -2.64. The molecule has 0 radical (unpaired) electrons. The number of rotatable bonds is 0. The number of amides is 1. The molecule has 12 heavy (non-hydrogen) atoms. The molecule has 0 bridgehead atoms. The van der Waals surface area contributed by atoms with Crippen LogP contribution < -0.4 is 0 Å². The normalized spacial score (nSPS) is 29.8.